The van der Waals surface area contributed by atoms with Crippen LogP contribution in [0.2, 0.25) is 0 Å². The molecule has 1 rings (SSSR count). The molecule has 11 heavy (non-hydrogen) atoms. The lowest BCUT2D eigenvalue weighted by atomic mass is 9.83. The lowest BCUT2D eigenvalue weighted by Crippen LogP contribution is -2.21. The van der Waals surface area contributed by atoms with Crippen molar-refractivity contribution < 1.29 is 0 Å². The molecule has 0 aromatic carbocycles. The molecule has 0 spiro atoms. The third-order valence-electron chi connectivity index (χ3n) is 2.59. The molecule has 1 fully saturated rings. The zero-order valence-corrected chi connectivity index (χ0v) is 7.03. The Kier molecular flexibility index (Phi) is 3.24. The predicted octanol–water partition coefficient (Wildman–Crippen LogP) is 3.27. The zero-order chi connectivity index (χ0) is 8.10. The van der Waals surface area contributed by atoms with Crippen LogP contribution < -0.4 is 0 Å². The maximum atomic E-state index is 8.29. The van der Waals surface area contributed by atoms with Crippen molar-refractivity contribution >= 4 is 0 Å². The van der Waals surface area contributed by atoms with Gasteiger partial charge in [0.2, 0.25) is 0 Å². The van der Waals surface area contributed by atoms with Gasteiger partial charge in [-0.2, -0.15) is 0 Å². The molecule has 0 amide bonds. The molecule has 0 bridgehead atoms. The van der Waals surface area contributed by atoms with E-state index in [0.717, 1.165) is 12.8 Å². The van der Waals surface area contributed by atoms with Gasteiger partial charge in [-0.25, -0.2) is 0 Å². The Labute approximate surface area is 67.4 Å². The fourth-order valence-electron chi connectivity index (χ4n) is 1.88. The summed E-state index contributed by atoms with van der Waals surface area (Å²) in [5.41, 5.74) is 8.29. The molecular weight excluding hydrogens is 138 g/mol. The van der Waals surface area contributed by atoms with Crippen molar-refractivity contribution in [2.75, 3.05) is 0 Å². The Bertz CT molecular complexity index is 161. The second kappa shape index (κ2) is 4.24. The van der Waals surface area contributed by atoms with Gasteiger partial charge in [-0.1, -0.05) is 37.7 Å². The lowest BCUT2D eigenvalue weighted by molar-refractivity contribution is 0.300. The van der Waals surface area contributed by atoms with Crippen molar-refractivity contribution in [2.24, 2.45) is 11.0 Å². The Morgan fingerprint density at radius 2 is 2.18 bits per heavy atom. The summed E-state index contributed by atoms with van der Waals surface area (Å²) in [6.07, 6.45) is 6.06. The van der Waals surface area contributed by atoms with Gasteiger partial charge in [-0.15, -0.1) is 0 Å². The van der Waals surface area contributed by atoms with Gasteiger partial charge in [-0.3, -0.25) is 0 Å². The van der Waals surface area contributed by atoms with Crippen molar-refractivity contribution in [1.82, 2.24) is 0 Å². The first-order valence-electron chi connectivity index (χ1n) is 4.42. The summed E-state index contributed by atoms with van der Waals surface area (Å²) in [5.74, 6) is 0.652. The summed E-state index contributed by atoms with van der Waals surface area (Å²) in [6.45, 7) is 2.18. The first-order valence-corrected chi connectivity index (χ1v) is 4.42. The topological polar surface area (TPSA) is 48.8 Å². The molecule has 3 heteroatoms. The Hall–Kier alpha value is -0.690. The summed E-state index contributed by atoms with van der Waals surface area (Å²) in [5, 5.41) is 3.82. The van der Waals surface area contributed by atoms with Crippen LogP contribution in [0.5, 0.6) is 0 Å². The Balaban J connectivity index is 2.50. The number of nitrogens with zero attached hydrogens (tertiary/aromatic N) is 3. The Morgan fingerprint density at radius 1 is 1.45 bits per heavy atom. The summed E-state index contributed by atoms with van der Waals surface area (Å²) >= 11 is 0. The van der Waals surface area contributed by atoms with Crippen LogP contribution >= 0.6 is 0 Å². The standard InChI is InChI=1S/C8H15N3/c1-2-7-5-3-4-6-8(7)10-11-9/h7-8H,2-6H2,1H3. The van der Waals surface area contributed by atoms with Crippen molar-refractivity contribution in [3.8, 4) is 0 Å². The molecule has 0 heterocycles. The average molecular weight is 153 g/mol. The van der Waals surface area contributed by atoms with Crippen LogP contribution in [-0.2, 0) is 0 Å². The highest BCUT2D eigenvalue weighted by Crippen LogP contribution is 2.28. The Morgan fingerprint density at radius 3 is 2.82 bits per heavy atom. The van der Waals surface area contributed by atoms with Crippen LogP contribution in [0.4, 0.5) is 0 Å². The van der Waals surface area contributed by atoms with Gasteiger partial charge >= 0.3 is 0 Å². The third kappa shape index (κ3) is 2.12. The van der Waals surface area contributed by atoms with E-state index in [4.69, 9.17) is 5.53 Å². The van der Waals surface area contributed by atoms with Gasteiger partial charge in [0, 0.05) is 11.0 Å². The van der Waals surface area contributed by atoms with Crippen LogP contribution in [0.15, 0.2) is 5.11 Å². The van der Waals surface area contributed by atoms with E-state index >= 15 is 0 Å². The smallest absolute Gasteiger partial charge is 0.0402 e. The second-order valence-electron chi connectivity index (χ2n) is 3.23. The first kappa shape index (κ1) is 8.41. The zero-order valence-electron chi connectivity index (χ0n) is 7.03. The van der Waals surface area contributed by atoms with Crippen molar-refractivity contribution in [3.63, 3.8) is 0 Å². The van der Waals surface area contributed by atoms with Crippen LogP contribution in [-0.4, -0.2) is 6.04 Å². The molecule has 1 aliphatic carbocycles. The largest absolute Gasteiger partial charge is 0.0903 e. The number of hydrogen-bond acceptors (Lipinski definition) is 1. The van der Waals surface area contributed by atoms with E-state index in [0.29, 0.717) is 12.0 Å². The van der Waals surface area contributed by atoms with Gasteiger partial charge in [0.1, 0.15) is 0 Å². The fraction of sp³-hybridized carbons (Fsp3) is 1.00. The minimum absolute atomic E-state index is 0.291. The van der Waals surface area contributed by atoms with E-state index in [-0.39, 0.29) is 0 Å². The second-order valence-corrected chi connectivity index (χ2v) is 3.23. The van der Waals surface area contributed by atoms with Crippen molar-refractivity contribution in [3.05, 3.63) is 10.4 Å². The number of rotatable bonds is 2. The molecule has 0 saturated heterocycles. The predicted molar refractivity (Wildman–Crippen MR) is 45.2 cm³/mol. The van der Waals surface area contributed by atoms with E-state index in [1.807, 2.05) is 0 Å². The molecule has 62 valence electrons. The van der Waals surface area contributed by atoms with Crippen LogP contribution in [0.3, 0.4) is 0 Å². The lowest BCUT2D eigenvalue weighted by Gasteiger charge is -2.26. The summed E-state index contributed by atoms with van der Waals surface area (Å²) < 4.78 is 0. The van der Waals surface area contributed by atoms with Gasteiger partial charge < -0.3 is 0 Å². The highest BCUT2D eigenvalue weighted by molar-refractivity contribution is 4.79. The highest BCUT2D eigenvalue weighted by atomic mass is 15.1. The average Bonchev–Trinajstić information content (AvgIpc) is 2.06. The van der Waals surface area contributed by atoms with E-state index in [1.54, 1.807) is 0 Å². The molecule has 2 atom stereocenters. The molecular formula is C8H15N3. The van der Waals surface area contributed by atoms with Gasteiger partial charge in [0.25, 0.3) is 0 Å². The van der Waals surface area contributed by atoms with Gasteiger partial charge in [0.05, 0.1) is 0 Å². The molecule has 0 N–H and O–H groups in total. The first-order chi connectivity index (χ1) is 5.38. The minimum atomic E-state index is 0.291. The number of azide groups is 1. The van der Waals surface area contributed by atoms with E-state index < -0.39 is 0 Å². The molecule has 0 aliphatic heterocycles. The van der Waals surface area contributed by atoms with E-state index in [2.05, 4.69) is 16.9 Å². The quantitative estimate of drug-likeness (QED) is 0.332. The fourth-order valence-corrected chi connectivity index (χ4v) is 1.88. The summed E-state index contributed by atoms with van der Waals surface area (Å²) in [6, 6.07) is 0.291. The molecule has 2 unspecified atom stereocenters. The van der Waals surface area contributed by atoms with Crippen molar-refractivity contribution in [1.29, 1.82) is 0 Å². The molecule has 0 aromatic rings. The monoisotopic (exact) mass is 153 g/mol. The molecule has 0 radical (unpaired) electrons. The third-order valence-corrected chi connectivity index (χ3v) is 2.59. The van der Waals surface area contributed by atoms with E-state index in [9.17, 15) is 0 Å². The summed E-state index contributed by atoms with van der Waals surface area (Å²) in [4.78, 5) is 2.88. The highest BCUT2D eigenvalue weighted by Gasteiger charge is 2.21. The van der Waals surface area contributed by atoms with Crippen LogP contribution in [0.1, 0.15) is 39.0 Å². The maximum absolute atomic E-state index is 8.29. The van der Waals surface area contributed by atoms with Crippen molar-refractivity contribution in [2.45, 2.75) is 45.1 Å². The SMILES string of the molecule is CCC1CCCCC1N=[N+]=[N-]. The van der Waals surface area contributed by atoms with Crippen LogP contribution in [0.25, 0.3) is 10.4 Å². The van der Waals surface area contributed by atoms with Gasteiger partial charge in [0.15, 0.2) is 0 Å². The molecule has 3 nitrogen and oxygen atoms in total. The minimum Gasteiger partial charge on any atom is -0.0903 e. The molecule has 1 saturated carbocycles. The molecule has 1 aliphatic rings. The summed E-state index contributed by atoms with van der Waals surface area (Å²) in [7, 11) is 0. The van der Waals surface area contributed by atoms with Crippen LogP contribution in [0, 0.1) is 5.92 Å². The maximum Gasteiger partial charge on any atom is 0.0402 e. The normalized spacial score (nSPS) is 31.0. The van der Waals surface area contributed by atoms with Gasteiger partial charge in [-0.05, 0) is 17.9 Å². The van der Waals surface area contributed by atoms with E-state index in [1.165, 1.54) is 19.3 Å². The molecule has 0 aromatic heterocycles. The number of hydrogen-bond donors (Lipinski definition) is 0.